The monoisotopic (exact) mass is 466 g/mol. The molecule has 0 aliphatic carbocycles. The number of primary amides is 1. The lowest BCUT2D eigenvalue weighted by molar-refractivity contribution is -0.274. The van der Waals surface area contributed by atoms with E-state index in [9.17, 15) is 36.3 Å². The number of rotatable bonds is 7. The summed E-state index contributed by atoms with van der Waals surface area (Å²) in [6.07, 6.45) is -5.05. The Balaban J connectivity index is 2.58. The highest BCUT2D eigenvalue weighted by molar-refractivity contribution is 7.93. The van der Waals surface area contributed by atoms with Crippen LogP contribution < -0.4 is 15.8 Å². The van der Waals surface area contributed by atoms with Crippen LogP contribution in [0.15, 0.2) is 38.8 Å². The van der Waals surface area contributed by atoms with Crippen LogP contribution in [0.3, 0.4) is 0 Å². The van der Waals surface area contributed by atoms with Gasteiger partial charge in [0.2, 0.25) is 21.7 Å². The van der Waals surface area contributed by atoms with Crippen molar-refractivity contribution >= 4 is 38.7 Å². The van der Waals surface area contributed by atoms with E-state index in [1.807, 2.05) is 0 Å². The zero-order chi connectivity index (χ0) is 22.9. The molecule has 0 atom stereocenters. The van der Waals surface area contributed by atoms with Gasteiger partial charge < -0.3 is 20.9 Å². The van der Waals surface area contributed by atoms with E-state index in [1.165, 1.54) is 19.2 Å². The van der Waals surface area contributed by atoms with Gasteiger partial charge >= 0.3 is 6.36 Å². The molecule has 0 fully saturated rings. The van der Waals surface area contributed by atoms with Crippen LogP contribution in [0, 0.1) is 5.41 Å². The molecule has 2 aromatic rings. The minimum absolute atomic E-state index is 0.0670. The van der Waals surface area contributed by atoms with Crippen LogP contribution in [0.2, 0.25) is 0 Å². The van der Waals surface area contributed by atoms with Gasteiger partial charge in [-0.3, -0.25) is 9.59 Å². The number of nitrogens with two attached hydrogens (primary N) is 1. The van der Waals surface area contributed by atoms with Crippen molar-refractivity contribution in [2.24, 2.45) is 11.1 Å². The van der Waals surface area contributed by atoms with Crippen LogP contribution >= 0.6 is 11.3 Å². The van der Waals surface area contributed by atoms with Crippen molar-refractivity contribution in [3.05, 3.63) is 35.2 Å². The molecule has 1 heterocycles. The minimum Gasteiger partial charge on any atom is -0.406 e. The minimum atomic E-state index is -5.05. The lowest BCUT2D eigenvalue weighted by atomic mass is 9.93. The maximum atomic E-state index is 13.0. The molecule has 2 amide bonds. The average Bonchev–Trinajstić information content (AvgIpc) is 3.11. The number of sulfone groups is 1. The Hall–Kier alpha value is -2.64. The SMILES string of the molecule is CC(C)(CO)C(=O)Nc1cc(OC(F)(F)F)ccc1S(=O)(=O)c1cc(C(N)=O)cs1. The van der Waals surface area contributed by atoms with E-state index < -0.39 is 56.4 Å². The maximum Gasteiger partial charge on any atom is 0.573 e. The van der Waals surface area contributed by atoms with Crippen molar-refractivity contribution in [1.82, 2.24) is 0 Å². The number of anilines is 1. The standard InChI is InChI=1S/C17H17F3N2O6S2/c1-16(2,8-23)15(25)22-11-6-10(28-17(18,19)20)3-4-12(11)30(26,27)13-5-9(7-29-13)14(21)24/h3-7,23H,8H2,1-2H3,(H2,21,24)(H,22,25). The van der Waals surface area contributed by atoms with Gasteiger partial charge in [-0.2, -0.15) is 0 Å². The van der Waals surface area contributed by atoms with Crippen LogP contribution in [0.5, 0.6) is 5.75 Å². The zero-order valence-corrected chi connectivity index (χ0v) is 17.2. The first-order valence-electron chi connectivity index (χ1n) is 8.13. The van der Waals surface area contributed by atoms with Crippen molar-refractivity contribution in [3.63, 3.8) is 0 Å². The first-order valence-corrected chi connectivity index (χ1v) is 10.5. The smallest absolute Gasteiger partial charge is 0.406 e. The van der Waals surface area contributed by atoms with E-state index in [4.69, 9.17) is 5.73 Å². The van der Waals surface area contributed by atoms with Crippen LogP contribution in [-0.4, -0.2) is 38.3 Å². The summed E-state index contributed by atoms with van der Waals surface area (Å²) in [6, 6.07) is 3.33. The topological polar surface area (TPSA) is 136 Å². The van der Waals surface area contributed by atoms with Gasteiger partial charge in [-0.25, -0.2) is 8.42 Å². The third-order valence-electron chi connectivity index (χ3n) is 3.86. The Morgan fingerprint density at radius 1 is 1.23 bits per heavy atom. The number of benzene rings is 1. The Morgan fingerprint density at radius 3 is 2.37 bits per heavy atom. The number of nitrogens with one attached hydrogen (secondary N) is 1. The number of hydrogen-bond donors (Lipinski definition) is 3. The van der Waals surface area contributed by atoms with E-state index in [-0.39, 0.29) is 9.77 Å². The van der Waals surface area contributed by atoms with Gasteiger partial charge in [0, 0.05) is 11.4 Å². The lowest BCUT2D eigenvalue weighted by Gasteiger charge is -2.22. The molecular weight excluding hydrogens is 449 g/mol. The second-order valence-corrected chi connectivity index (χ2v) is 9.78. The van der Waals surface area contributed by atoms with Crippen LogP contribution in [0.25, 0.3) is 0 Å². The van der Waals surface area contributed by atoms with E-state index in [0.717, 1.165) is 18.2 Å². The molecule has 1 aromatic carbocycles. The quantitative estimate of drug-likeness (QED) is 0.574. The molecule has 2 rings (SSSR count). The van der Waals surface area contributed by atoms with Crippen LogP contribution in [0.4, 0.5) is 18.9 Å². The highest BCUT2D eigenvalue weighted by Crippen LogP contribution is 2.36. The molecule has 0 aliphatic rings. The third kappa shape index (κ3) is 5.29. The molecule has 13 heteroatoms. The van der Waals surface area contributed by atoms with Gasteiger partial charge in [0.1, 0.15) is 9.96 Å². The number of ether oxygens (including phenoxy) is 1. The molecule has 4 N–H and O–H groups in total. The Labute approximate surface area is 173 Å². The first-order chi connectivity index (χ1) is 13.7. The first kappa shape index (κ1) is 23.6. The summed E-state index contributed by atoms with van der Waals surface area (Å²) in [4.78, 5) is 23.1. The van der Waals surface area contributed by atoms with Crippen molar-refractivity contribution in [2.45, 2.75) is 29.3 Å². The van der Waals surface area contributed by atoms with Crippen LogP contribution in [0.1, 0.15) is 24.2 Å². The largest absolute Gasteiger partial charge is 0.573 e. The number of aliphatic hydroxyl groups excluding tert-OH is 1. The molecule has 30 heavy (non-hydrogen) atoms. The Morgan fingerprint density at radius 2 is 1.87 bits per heavy atom. The van der Waals surface area contributed by atoms with Crippen molar-refractivity contribution in [3.8, 4) is 5.75 Å². The van der Waals surface area contributed by atoms with Gasteiger partial charge in [0.05, 0.1) is 28.2 Å². The van der Waals surface area contributed by atoms with Crippen molar-refractivity contribution in [1.29, 1.82) is 0 Å². The number of amides is 2. The van der Waals surface area contributed by atoms with Gasteiger partial charge in [0.25, 0.3) is 0 Å². The van der Waals surface area contributed by atoms with Crippen molar-refractivity contribution in [2.75, 3.05) is 11.9 Å². The summed E-state index contributed by atoms with van der Waals surface area (Å²) in [6.45, 7) is 2.10. The fourth-order valence-corrected chi connectivity index (χ4v) is 4.78. The Bertz CT molecular complexity index is 1080. The highest BCUT2D eigenvalue weighted by Gasteiger charge is 2.33. The number of thiophene rings is 1. The summed E-state index contributed by atoms with van der Waals surface area (Å²) in [5.41, 5.74) is 3.20. The fourth-order valence-electron chi connectivity index (χ4n) is 2.10. The highest BCUT2D eigenvalue weighted by atomic mass is 32.2. The summed E-state index contributed by atoms with van der Waals surface area (Å²) >= 11 is 0.679. The number of aliphatic hydroxyl groups is 1. The summed E-state index contributed by atoms with van der Waals surface area (Å²) in [5.74, 6) is -2.46. The Kier molecular flexibility index (Phi) is 6.49. The maximum absolute atomic E-state index is 13.0. The molecule has 0 radical (unpaired) electrons. The molecular formula is C17H17F3N2O6S2. The van der Waals surface area contributed by atoms with Gasteiger partial charge in [0.15, 0.2) is 0 Å². The normalized spacial score (nSPS) is 12.5. The molecule has 8 nitrogen and oxygen atoms in total. The molecule has 0 unspecified atom stereocenters. The van der Waals surface area contributed by atoms with E-state index in [0.29, 0.717) is 17.4 Å². The lowest BCUT2D eigenvalue weighted by Crippen LogP contribution is -2.34. The predicted molar refractivity (Wildman–Crippen MR) is 101 cm³/mol. The second kappa shape index (κ2) is 8.24. The number of halogens is 3. The number of alkyl halides is 3. The van der Waals surface area contributed by atoms with Gasteiger partial charge in [-0.05, 0) is 32.0 Å². The van der Waals surface area contributed by atoms with Gasteiger partial charge in [-0.1, -0.05) is 0 Å². The van der Waals surface area contributed by atoms with Gasteiger partial charge in [-0.15, -0.1) is 24.5 Å². The number of carbonyl (C=O) groups excluding carboxylic acids is 2. The zero-order valence-electron chi connectivity index (χ0n) is 15.6. The molecule has 0 aliphatic heterocycles. The molecule has 1 aromatic heterocycles. The third-order valence-corrected chi connectivity index (χ3v) is 7.11. The average molecular weight is 466 g/mol. The van der Waals surface area contributed by atoms with Crippen LogP contribution in [-0.2, 0) is 14.6 Å². The molecule has 0 spiro atoms. The number of carbonyl (C=O) groups is 2. The molecule has 0 saturated carbocycles. The van der Waals surface area contributed by atoms with Crippen molar-refractivity contribution < 1.29 is 41.0 Å². The van der Waals surface area contributed by atoms with E-state index >= 15 is 0 Å². The second-order valence-electron chi connectivity index (χ2n) is 6.72. The molecule has 164 valence electrons. The molecule has 0 bridgehead atoms. The summed E-state index contributed by atoms with van der Waals surface area (Å²) in [7, 11) is -4.34. The molecule has 0 saturated heterocycles. The van der Waals surface area contributed by atoms with E-state index in [1.54, 1.807) is 0 Å². The van der Waals surface area contributed by atoms with E-state index in [2.05, 4.69) is 10.1 Å². The predicted octanol–water partition coefficient (Wildman–Crippen LogP) is 2.54. The summed E-state index contributed by atoms with van der Waals surface area (Å²) < 4.78 is 67.1. The summed E-state index contributed by atoms with van der Waals surface area (Å²) in [5, 5.41) is 12.7. The number of hydrogen-bond acceptors (Lipinski definition) is 7. The fraction of sp³-hybridized carbons (Fsp3) is 0.294.